The van der Waals surface area contributed by atoms with Crippen molar-refractivity contribution >= 4 is 54.4 Å². The lowest BCUT2D eigenvalue weighted by Gasteiger charge is -2.23. The van der Waals surface area contributed by atoms with Gasteiger partial charge < -0.3 is 4.74 Å². The van der Waals surface area contributed by atoms with Crippen LogP contribution in [-0.2, 0) is 20.0 Å². The summed E-state index contributed by atoms with van der Waals surface area (Å²) in [5, 5.41) is 0. The van der Waals surface area contributed by atoms with Crippen LogP contribution in [0.15, 0.2) is 69.8 Å². The number of rotatable bonds is 8. The maximum atomic E-state index is 13.2. The SMILES string of the molecule is CCN(c1ccccc1)S(=O)(=O)c1ccc(OC)c(NS(=O)(=O)c2ccc(Cl)s2)c1. The van der Waals surface area contributed by atoms with Gasteiger partial charge in [-0.15, -0.1) is 11.3 Å². The topological polar surface area (TPSA) is 92.8 Å². The third kappa shape index (κ3) is 4.56. The number of ether oxygens (including phenoxy) is 1. The molecule has 30 heavy (non-hydrogen) atoms. The fraction of sp³-hybridized carbons (Fsp3) is 0.158. The highest BCUT2D eigenvalue weighted by Crippen LogP contribution is 2.33. The molecule has 0 aliphatic heterocycles. The Bertz CT molecular complexity index is 1240. The van der Waals surface area contributed by atoms with Crippen molar-refractivity contribution in [1.29, 1.82) is 0 Å². The van der Waals surface area contributed by atoms with E-state index < -0.39 is 20.0 Å². The van der Waals surface area contributed by atoms with E-state index in [1.165, 1.54) is 41.7 Å². The van der Waals surface area contributed by atoms with Crippen molar-refractivity contribution in [2.45, 2.75) is 16.0 Å². The number of anilines is 2. The molecule has 3 aromatic rings. The lowest BCUT2D eigenvalue weighted by molar-refractivity contribution is 0.416. The average molecular weight is 487 g/mol. The first-order chi connectivity index (χ1) is 14.2. The second kappa shape index (κ2) is 8.84. The molecular formula is C19H19ClN2O5S3. The normalized spacial score (nSPS) is 11.8. The Hall–Kier alpha value is -2.27. The zero-order valence-corrected chi connectivity index (χ0v) is 19.3. The molecule has 0 spiro atoms. The summed E-state index contributed by atoms with van der Waals surface area (Å²) in [7, 11) is -6.55. The van der Waals surface area contributed by atoms with Gasteiger partial charge in [0.15, 0.2) is 0 Å². The summed E-state index contributed by atoms with van der Waals surface area (Å²) in [6.45, 7) is 1.92. The molecule has 0 aliphatic carbocycles. The molecule has 1 aromatic heterocycles. The van der Waals surface area contributed by atoms with E-state index in [1.807, 2.05) is 0 Å². The first kappa shape index (κ1) is 22.4. The lowest BCUT2D eigenvalue weighted by atomic mass is 10.3. The van der Waals surface area contributed by atoms with E-state index >= 15 is 0 Å². The molecule has 0 fully saturated rings. The number of sulfonamides is 2. The number of hydrogen-bond acceptors (Lipinski definition) is 6. The van der Waals surface area contributed by atoms with Crippen LogP contribution in [0.5, 0.6) is 5.75 Å². The Morgan fingerprint density at radius 3 is 2.30 bits per heavy atom. The molecule has 0 aliphatic rings. The largest absolute Gasteiger partial charge is 0.495 e. The van der Waals surface area contributed by atoms with Crippen LogP contribution in [0.3, 0.4) is 0 Å². The van der Waals surface area contributed by atoms with Gasteiger partial charge in [0.1, 0.15) is 9.96 Å². The molecule has 0 bridgehead atoms. The van der Waals surface area contributed by atoms with Gasteiger partial charge >= 0.3 is 0 Å². The van der Waals surface area contributed by atoms with Crippen LogP contribution in [0, 0.1) is 0 Å². The third-order valence-corrected chi connectivity index (χ3v) is 9.14. The summed E-state index contributed by atoms with van der Waals surface area (Å²) in [4.78, 5) is -0.0732. The molecule has 1 N–H and O–H groups in total. The van der Waals surface area contributed by atoms with Crippen LogP contribution in [0.25, 0.3) is 0 Å². The predicted octanol–water partition coefficient (Wildman–Crippen LogP) is 4.43. The number of hydrogen-bond donors (Lipinski definition) is 1. The fourth-order valence-corrected chi connectivity index (χ4v) is 6.82. The summed E-state index contributed by atoms with van der Waals surface area (Å²) in [6.07, 6.45) is 0. The van der Waals surface area contributed by atoms with Crippen molar-refractivity contribution in [1.82, 2.24) is 0 Å². The molecular weight excluding hydrogens is 468 g/mol. The molecule has 160 valence electrons. The van der Waals surface area contributed by atoms with Gasteiger partial charge in [-0.05, 0) is 49.4 Å². The van der Waals surface area contributed by atoms with Gasteiger partial charge in [0.25, 0.3) is 20.0 Å². The molecule has 0 saturated heterocycles. The maximum Gasteiger partial charge on any atom is 0.271 e. The summed E-state index contributed by atoms with van der Waals surface area (Å²) < 4.78 is 61.0. The number of methoxy groups -OCH3 is 1. The number of thiophene rings is 1. The number of benzene rings is 2. The molecule has 3 rings (SSSR count). The van der Waals surface area contributed by atoms with Crippen LogP contribution in [0.2, 0.25) is 4.34 Å². The highest BCUT2D eigenvalue weighted by Gasteiger charge is 2.26. The number of halogens is 1. The molecule has 0 amide bonds. The summed E-state index contributed by atoms with van der Waals surface area (Å²) in [6, 6.07) is 15.5. The minimum atomic E-state index is -3.97. The molecule has 11 heteroatoms. The third-order valence-electron chi connectivity index (χ3n) is 4.15. The van der Waals surface area contributed by atoms with E-state index in [2.05, 4.69) is 4.72 Å². The lowest BCUT2D eigenvalue weighted by Crippen LogP contribution is -2.30. The first-order valence-electron chi connectivity index (χ1n) is 8.73. The van der Waals surface area contributed by atoms with Gasteiger partial charge in [-0.1, -0.05) is 29.8 Å². The van der Waals surface area contributed by atoms with E-state index in [4.69, 9.17) is 16.3 Å². The highest BCUT2D eigenvalue weighted by molar-refractivity contribution is 7.94. The molecule has 0 unspecified atom stereocenters. The molecule has 7 nitrogen and oxygen atoms in total. The Kier molecular flexibility index (Phi) is 6.61. The standard InChI is InChI=1S/C19H19ClN2O5S3/c1-3-22(14-7-5-4-6-8-14)30(25,26)15-9-10-17(27-2)16(13-15)21-29(23,24)19-12-11-18(20)28-19/h4-13,21H,3H2,1-2H3. The molecule has 0 saturated carbocycles. The number of para-hydroxylation sites is 1. The molecule has 0 atom stereocenters. The molecule has 1 heterocycles. The first-order valence-corrected chi connectivity index (χ1v) is 12.8. The van der Waals surface area contributed by atoms with Crippen LogP contribution in [0.1, 0.15) is 6.92 Å². The van der Waals surface area contributed by atoms with E-state index in [9.17, 15) is 16.8 Å². The molecule has 0 radical (unpaired) electrons. The minimum absolute atomic E-state index is 0.00211. The highest BCUT2D eigenvalue weighted by atomic mass is 35.5. The average Bonchev–Trinajstić information content (AvgIpc) is 3.16. The van der Waals surface area contributed by atoms with Crippen LogP contribution < -0.4 is 13.8 Å². The Morgan fingerprint density at radius 2 is 1.73 bits per heavy atom. The van der Waals surface area contributed by atoms with E-state index in [0.29, 0.717) is 10.0 Å². The van der Waals surface area contributed by atoms with E-state index in [0.717, 1.165) is 11.3 Å². The minimum Gasteiger partial charge on any atom is -0.495 e. The second-order valence-corrected chi connectivity index (χ2v) is 11.5. The Morgan fingerprint density at radius 1 is 1.03 bits per heavy atom. The monoisotopic (exact) mass is 486 g/mol. The number of nitrogens with zero attached hydrogens (tertiary/aromatic N) is 1. The fourth-order valence-electron chi connectivity index (χ4n) is 2.78. The van der Waals surface area contributed by atoms with Crippen molar-refractivity contribution < 1.29 is 21.6 Å². The molecule has 2 aromatic carbocycles. The number of nitrogens with one attached hydrogen (secondary N) is 1. The van der Waals surface area contributed by atoms with Gasteiger partial charge in [-0.2, -0.15) is 0 Å². The van der Waals surface area contributed by atoms with Crippen molar-refractivity contribution in [3.8, 4) is 5.75 Å². The van der Waals surface area contributed by atoms with Crippen molar-refractivity contribution in [2.24, 2.45) is 0 Å². The van der Waals surface area contributed by atoms with Crippen LogP contribution >= 0.6 is 22.9 Å². The van der Waals surface area contributed by atoms with Gasteiger partial charge in [-0.3, -0.25) is 9.03 Å². The summed E-state index contributed by atoms with van der Waals surface area (Å²) in [5.41, 5.74) is 0.512. The smallest absolute Gasteiger partial charge is 0.271 e. The van der Waals surface area contributed by atoms with Crippen LogP contribution in [-0.4, -0.2) is 30.5 Å². The zero-order chi connectivity index (χ0) is 21.9. The second-order valence-electron chi connectivity index (χ2n) is 6.03. The van der Waals surface area contributed by atoms with Crippen molar-refractivity contribution in [3.63, 3.8) is 0 Å². The van der Waals surface area contributed by atoms with Crippen molar-refractivity contribution in [3.05, 3.63) is 65.0 Å². The van der Waals surface area contributed by atoms with Gasteiger partial charge in [0.2, 0.25) is 0 Å². The van der Waals surface area contributed by atoms with Gasteiger partial charge in [0.05, 0.1) is 27.7 Å². The summed E-state index contributed by atoms with van der Waals surface area (Å²) >= 11 is 6.73. The maximum absolute atomic E-state index is 13.2. The Labute approximate surface area is 185 Å². The van der Waals surface area contributed by atoms with Gasteiger partial charge in [0, 0.05) is 6.54 Å². The van der Waals surface area contributed by atoms with Crippen LogP contribution in [0.4, 0.5) is 11.4 Å². The Balaban J connectivity index is 2.03. The zero-order valence-electron chi connectivity index (χ0n) is 16.1. The van der Waals surface area contributed by atoms with Gasteiger partial charge in [-0.25, -0.2) is 16.8 Å². The quantitative estimate of drug-likeness (QED) is 0.508. The predicted molar refractivity (Wildman–Crippen MR) is 120 cm³/mol. The van der Waals surface area contributed by atoms with E-state index in [-0.39, 0.29) is 27.1 Å². The van der Waals surface area contributed by atoms with Crippen molar-refractivity contribution in [2.75, 3.05) is 22.7 Å². The van der Waals surface area contributed by atoms with E-state index in [1.54, 1.807) is 37.3 Å². The summed E-state index contributed by atoms with van der Waals surface area (Å²) in [5.74, 6) is 0.183.